The van der Waals surface area contributed by atoms with Crippen LogP contribution < -0.4 is 0 Å². The minimum absolute atomic E-state index is 0.0406. The van der Waals surface area contributed by atoms with Crippen LogP contribution in [0.2, 0.25) is 0 Å². The van der Waals surface area contributed by atoms with Crippen molar-refractivity contribution in [3.63, 3.8) is 0 Å². The van der Waals surface area contributed by atoms with Crippen LogP contribution in [-0.4, -0.2) is 17.5 Å². The van der Waals surface area contributed by atoms with Gasteiger partial charge < -0.3 is 4.74 Å². The molecule has 1 aromatic carbocycles. The highest BCUT2D eigenvalue weighted by atomic mass is 16.6. The SMILES string of the molecule is C=C(C)C(=O)OCCc1ccccc1[N+](=O)[O-]. The largest absolute Gasteiger partial charge is 0.462 e. The maximum atomic E-state index is 11.1. The Bertz CT molecular complexity index is 454. The molecule has 5 heteroatoms. The average molecular weight is 235 g/mol. The van der Waals surface area contributed by atoms with Crippen molar-refractivity contribution in [1.29, 1.82) is 0 Å². The van der Waals surface area contributed by atoms with Crippen LogP contribution in [0.3, 0.4) is 0 Å². The lowest BCUT2D eigenvalue weighted by atomic mass is 10.1. The van der Waals surface area contributed by atoms with Gasteiger partial charge in [0.25, 0.3) is 5.69 Å². The molecule has 0 saturated carbocycles. The summed E-state index contributed by atoms with van der Waals surface area (Å²) in [6, 6.07) is 6.38. The number of rotatable bonds is 5. The predicted octanol–water partition coefficient (Wildman–Crippen LogP) is 2.26. The van der Waals surface area contributed by atoms with E-state index in [0.29, 0.717) is 17.6 Å². The second-order valence-corrected chi connectivity index (χ2v) is 3.55. The highest BCUT2D eigenvalue weighted by Crippen LogP contribution is 2.18. The molecule has 0 fully saturated rings. The molecule has 0 bridgehead atoms. The molecule has 0 spiro atoms. The molecule has 0 atom stereocenters. The number of nitro groups is 1. The number of ether oxygens (including phenoxy) is 1. The standard InChI is InChI=1S/C12H13NO4/c1-9(2)12(14)17-8-7-10-5-3-4-6-11(10)13(15)16/h3-6H,1,7-8H2,2H3. The van der Waals surface area contributed by atoms with E-state index in [4.69, 9.17) is 4.74 Å². The van der Waals surface area contributed by atoms with E-state index in [-0.39, 0.29) is 12.3 Å². The first-order valence-corrected chi connectivity index (χ1v) is 5.07. The zero-order chi connectivity index (χ0) is 12.8. The van der Waals surface area contributed by atoms with E-state index in [1.807, 2.05) is 0 Å². The summed E-state index contributed by atoms with van der Waals surface area (Å²) in [6.45, 7) is 5.10. The summed E-state index contributed by atoms with van der Waals surface area (Å²) in [4.78, 5) is 21.4. The Morgan fingerprint density at radius 1 is 1.47 bits per heavy atom. The number of para-hydroxylation sites is 1. The normalized spacial score (nSPS) is 9.71. The lowest BCUT2D eigenvalue weighted by molar-refractivity contribution is -0.385. The Kier molecular flexibility index (Phi) is 4.39. The van der Waals surface area contributed by atoms with Crippen molar-refractivity contribution in [2.45, 2.75) is 13.3 Å². The number of esters is 1. The first-order valence-electron chi connectivity index (χ1n) is 5.07. The number of benzene rings is 1. The van der Waals surface area contributed by atoms with Crippen molar-refractivity contribution < 1.29 is 14.5 Å². The van der Waals surface area contributed by atoms with Crippen molar-refractivity contribution >= 4 is 11.7 Å². The molecule has 90 valence electrons. The van der Waals surface area contributed by atoms with Gasteiger partial charge in [0.05, 0.1) is 11.5 Å². The third kappa shape index (κ3) is 3.71. The summed E-state index contributed by atoms with van der Waals surface area (Å²) in [6.07, 6.45) is 0.316. The number of nitro benzene ring substituents is 1. The Labute approximate surface area is 98.9 Å². The van der Waals surface area contributed by atoms with Crippen LogP contribution in [0, 0.1) is 10.1 Å². The topological polar surface area (TPSA) is 69.4 Å². The first kappa shape index (κ1) is 12.9. The molecule has 0 amide bonds. The summed E-state index contributed by atoms with van der Waals surface area (Å²) in [5.41, 5.74) is 0.901. The van der Waals surface area contributed by atoms with Gasteiger partial charge in [0, 0.05) is 23.6 Å². The zero-order valence-corrected chi connectivity index (χ0v) is 9.51. The molecule has 0 heterocycles. The van der Waals surface area contributed by atoms with E-state index in [0.717, 1.165) is 0 Å². The van der Waals surface area contributed by atoms with Gasteiger partial charge in [-0.15, -0.1) is 0 Å². The summed E-state index contributed by atoms with van der Waals surface area (Å²) in [5, 5.41) is 10.7. The van der Waals surface area contributed by atoms with E-state index < -0.39 is 10.9 Å². The molecule has 0 N–H and O–H groups in total. The van der Waals surface area contributed by atoms with E-state index in [9.17, 15) is 14.9 Å². The molecule has 0 aliphatic carbocycles. The molecule has 0 saturated heterocycles. The third-order valence-electron chi connectivity index (χ3n) is 2.14. The molecule has 0 aromatic heterocycles. The minimum Gasteiger partial charge on any atom is -0.462 e. The molecule has 1 aromatic rings. The van der Waals surface area contributed by atoms with Crippen molar-refractivity contribution in [1.82, 2.24) is 0 Å². The minimum atomic E-state index is -0.483. The third-order valence-corrected chi connectivity index (χ3v) is 2.14. The Morgan fingerprint density at radius 3 is 2.71 bits per heavy atom. The Morgan fingerprint density at radius 2 is 2.12 bits per heavy atom. The predicted molar refractivity (Wildman–Crippen MR) is 62.6 cm³/mol. The van der Waals surface area contributed by atoms with Crippen LogP contribution >= 0.6 is 0 Å². The summed E-state index contributed by atoms with van der Waals surface area (Å²) < 4.78 is 4.88. The van der Waals surface area contributed by atoms with Crippen LogP contribution in [0.4, 0.5) is 5.69 Å². The van der Waals surface area contributed by atoms with Crippen molar-refractivity contribution in [3.05, 3.63) is 52.1 Å². The smallest absolute Gasteiger partial charge is 0.333 e. The van der Waals surface area contributed by atoms with Gasteiger partial charge in [0.15, 0.2) is 0 Å². The Hall–Kier alpha value is -2.17. The number of carbonyl (C=O) groups is 1. The van der Waals surface area contributed by atoms with Crippen LogP contribution in [0.25, 0.3) is 0 Å². The molecule has 0 unspecified atom stereocenters. The summed E-state index contributed by atoms with van der Waals surface area (Å²) in [7, 11) is 0. The van der Waals surface area contributed by atoms with Crippen molar-refractivity contribution in [3.8, 4) is 0 Å². The van der Waals surface area contributed by atoms with Crippen LogP contribution in [-0.2, 0) is 16.0 Å². The van der Waals surface area contributed by atoms with Gasteiger partial charge in [-0.1, -0.05) is 24.8 Å². The maximum Gasteiger partial charge on any atom is 0.333 e. The van der Waals surface area contributed by atoms with E-state index in [1.54, 1.807) is 25.1 Å². The highest BCUT2D eigenvalue weighted by molar-refractivity contribution is 5.86. The van der Waals surface area contributed by atoms with Crippen molar-refractivity contribution in [2.24, 2.45) is 0 Å². The second-order valence-electron chi connectivity index (χ2n) is 3.55. The van der Waals surface area contributed by atoms with Gasteiger partial charge in [0.1, 0.15) is 0 Å². The van der Waals surface area contributed by atoms with E-state index >= 15 is 0 Å². The second kappa shape index (κ2) is 5.79. The zero-order valence-electron chi connectivity index (χ0n) is 9.51. The van der Waals surface area contributed by atoms with Gasteiger partial charge in [-0.05, 0) is 6.92 Å². The van der Waals surface area contributed by atoms with Gasteiger partial charge >= 0.3 is 5.97 Å². The molecule has 0 aliphatic heterocycles. The van der Waals surface area contributed by atoms with Gasteiger partial charge in [0.2, 0.25) is 0 Å². The number of carbonyl (C=O) groups excluding carboxylic acids is 1. The Balaban J connectivity index is 2.61. The lowest BCUT2D eigenvalue weighted by Gasteiger charge is -2.04. The monoisotopic (exact) mass is 235 g/mol. The van der Waals surface area contributed by atoms with E-state index in [1.165, 1.54) is 6.07 Å². The average Bonchev–Trinajstić information content (AvgIpc) is 2.29. The number of hydrogen-bond donors (Lipinski definition) is 0. The maximum absolute atomic E-state index is 11.1. The first-order chi connectivity index (χ1) is 8.02. The highest BCUT2D eigenvalue weighted by Gasteiger charge is 2.12. The molecule has 17 heavy (non-hydrogen) atoms. The molecular weight excluding hydrogens is 222 g/mol. The summed E-state index contributed by atoms with van der Waals surface area (Å²) >= 11 is 0. The van der Waals surface area contributed by atoms with Crippen molar-refractivity contribution in [2.75, 3.05) is 6.61 Å². The fourth-order valence-corrected chi connectivity index (χ4v) is 1.28. The lowest BCUT2D eigenvalue weighted by Crippen LogP contribution is -2.08. The van der Waals surface area contributed by atoms with Gasteiger partial charge in [-0.25, -0.2) is 4.79 Å². The fourth-order valence-electron chi connectivity index (χ4n) is 1.28. The fraction of sp³-hybridized carbons (Fsp3) is 0.250. The quantitative estimate of drug-likeness (QED) is 0.339. The molecular formula is C12H13NO4. The molecule has 1 rings (SSSR count). The van der Waals surface area contributed by atoms with Crippen LogP contribution in [0.15, 0.2) is 36.4 Å². The summed E-state index contributed by atoms with van der Waals surface area (Å²) in [5.74, 6) is -0.483. The molecule has 5 nitrogen and oxygen atoms in total. The molecule has 0 aliphatic rings. The van der Waals surface area contributed by atoms with Crippen LogP contribution in [0.5, 0.6) is 0 Å². The molecule has 0 radical (unpaired) electrons. The van der Waals surface area contributed by atoms with Gasteiger partial charge in [-0.2, -0.15) is 0 Å². The number of hydrogen-bond acceptors (Lipinski definition) is 4. The van der Waals surface area contributed by atoms with E-state index in [2.05, 4.69) is 6.58 Å². The van der Waals surface area contributed by atoms with Gasteiger partial charge in [-0.3, -0.25) is 10.1 Å². The van der Waals surface area contributed by atoms with Crippen LogP contribution in [0.1, 0.15) is 12.5 Å². The number of nitrogens with zero attached hydrogens (tertiary/aromatic N) is 1.